The second kappa shape index (κ2) is 6.19. The Labute approximate surface area is 114 Å². The van der Waals surface area contributed by atoms with Crippen molar-refractivity contribution in [2.24, 2.45) is 0 Å². The summed E-state index contributed by atoms with van der Waals surface area (Å²) in [6.07, 6.45) is 4.23. The number of nitro groups is 1. The Morgan fingerprint density at radius 2 is 2.37 bits per heavy atom. The van der Waals surface area contributed by atoms with E-state index in [0.717, 1.165) is 13.0 Å². The monoisotopic (exact) mass is 279 g/mol. The summed E-state index contributed by atoms with van der Waals surface area (Å²) in [4.78, 5) is 21.8. The molecule has 8 heteroatoms. The largest absolute Gasteiger partial charge is 0.370 e. The topological polar surface area (TPSA) is 96.7 Å². The highest BCUT2D eigenvalue weighted by Crippen LogP contribution is 2.28. The maximum absolute atomic E-state index is 10.9. The van der Waals surface area contributed by atoms with Crippen LogP contribution in [0, 0.1) is 10.1 Å². The summed E-state index contributed by atoms with van der Waals surface area (Å²) in [5.41, 5.74) is 0.0164. The van der Waals surface area contributed by atoms with Gasteiger partial charge in [-0.1, -0.05) is 6.92 Å². The number of hydrogen-bond donors (Lipinski definition) is 2. The SMILES string of the molecule is CCCNc1cc([N+](=O)[O-])cc(Sc2ncc[nH]2)n1. The van der Waals surface area contributed by atoms with Crippen LogP contribution in [-0.4, -0.2) is 26.4 Å². The highest BCUT2D eigenvalue weighted by atomic mass is 32.2. The molecule has 0 atom stereocenters. The van der Waals surface area contributed by atoms with Gasteiger partial charge in [0.15, 0.2) is 5.16 Å². The smallest absolute Gasteiger partial charge is 0.275 e. The van der Waals surface area contributed by atoms with Crippen molar-refractivity contribution in [3.8, 4) is 0 Å². The lowest BCUT2D eigenvalue weighted by molar-refractivity contribution is -0.385. The summed E-state index contributed by atoms with van der Waals surface area (Å²) in [5.74, 6) is 0.505. The fourth-order valence-corrected chi connectivity index (χ4v) is 2.16. The highest BCUT2D eigenvalue weighted by molar-refractivity contribution is 7.99. The molecule has 0 saturated carbocycles. The molecule has 2 rings (SSSR count). The quantitative estimate of drug-likeness (QED) is 0.623. The Morgan fingerprint density at radius 1 is 1.53 bits per heavy atom. The lowest BCUT2D eigenvalue weighted by atomic mass is 10.4. The number of H-pyrrole nitrogens is 1. The van der Waals surface area contributed by atoms with E-state index in [1.165, 1.54) is 23.9 Å². The molecule has 0 radical (unpaired) electrons. The molecule has 0 spiro atoms. The van der Waals surface area contributed by atoms with Crippen LogP contribution >= 0.6 is 11.8 Å². The minimum atomic E-state index is -0.426. The average molecular weight is 279 g/mol. The minimum absolute atomic E-state index is 0.0164. The molecule has 0 bridgehead atoms. The molecule has 19 heavy (non-hydrogen) atoms. The maximum atomic E-state index is 10.9. The van der Waals surface area contributed by atoms with Gasteiger partial charge in [0.05, 0.1) is 11.0 Å². The fourth-order valence-electron chi connectivity index (χ4n) is 1.40. The molecule has 0 aliphatic carbocycles. The molecule has 7 nitrogen and oxygen atoms in total. The van der Waals surface area contributed by atoms with Crippen LogP contribution in [0.1, 0.15) is 13.3 Å². The van der Waals surface area contributed by atoms with Crippen LogP contribution in [0.4, 0.5) is 11.5 Å². The van der Waals surface area contributed by atoms with Gasteiger partial charge in [-0.05, 0) is 18.2 Å². The van der Waals surface area contributed by atoms with Gasteiger partial charge >= 0.3 is 0 Å². The molecule has 100 valence electrons. The summed E-state index contributed by atoms with van der Waals surface area (Å²) < 4.78 is 0. The first-order valence-corrected chi connectivity index (χ1v) is 6.58. The zero-order valence-corrected chi connectivity index (χ0v) is 11.1. The van der Waals surface area contributed by atoms with Gasteiger partial charge in [-0.3, -0.25) is 10.1 Å². The van der Waals surface area contributed by atoms with Crippen molar-refractivity contribution in [3.05, 3.63) is 34.6 Å². The average Bonchev–Trinajstić information content (AvgIpc) is 2.89. The van der Waals surface area contributed by atoms with Crippen LogP contribution < -0.4 is 5.32 Å². The summed E-state index contributed by atoms with van der Waals surface area (Å²) in [6, 6.07) is 2.87. The van der Waals surface area contributed by atoms with Crippen molar-refractivity contribution in [2.45, 2.75) is 23.5 Å². The van der Waals surface area contributed by atoms with E-state index in [1.807, 2.05) is 6.92 Å². The molecule has 2 N–H and O–H groups in total. The Kier molecular flexibility index (Phi) is 4.35. The zero-order chi connectivity index (χ0) is 13.7. The van der Waals surface area contributed by atoms with Gasteiger partial charge < -0.3 is 10.3 Å². The Bertz CT molecular complexity index is 558. The molecule has 0 aliphatic rings. The van der Waals surface area contributed by atoms with Gasteiger partial charge in [-0.15, -0.1) is 0 Å². The highest BCUT2D eigenvalue weighted by Gasteiger charge is 2.12. The zero-order valence-electron chi connectivity index (χ0n) is 10.3. The number of hydrogen-bond acceptors (Lipinski definition) is 6. The van der Waals surface area contributed by atoms with Gasteiger partial charge in [-0.2, -0.15) is 0 Å². The van der Waals surface area contributed by atoms with Crippen molar-refractivity contribution >= 4 is 23.3 Å². The van der Waals surface area contributed by atoms with E-state index in [4.69, 9.17) is 0 Å². The Balaban J connectivity index is 2.25. The first-order chi connectivity index (χ1) is 9.19. The number of nitrogens with one attached hydrogen (secondary N) is 2. The lowest BCUT2D eigenvalue weighted by Gasteiger charge is -2.05. The van der Waals surface area contributed by atoms with E-state index in [0.29, 0.717) is 16.0 Å². The second-order valence-electron chi connectivity index (χ2n) is 3.73. The van der Waals surface area contributed by atoms with Crippen molar-refractivity contribution < 1.29 is 4.92 Å². The fraction of sp³-hybridized carbons (Fsp3) is 0.273. The van der Waals surface area contributed by atoms with Crippen molar-refractivity contribution in [3.63, 3.8) is 0 Å². The summed E-state index contributed by atoms with van der Waals surface area (Å²) in [5, 5.41) is 15.1. The minimum Gasteiger partial charge on any atom is -0.370 e. The molecule has 0 saturated heterocycles. The van der Waals surface area contributed by atoms with Gasteiger partial charge in [0, 0.05) is 25.0 Å². The van der Waals surface area contributed by atoms with E-state index in [9.17, 15) is 10.1 Å². The molecule has 2 aromatic heterocycles. The predicted octanol–water partition coefficient (Wildman–Crippen LogP) is 2.69. The van der Waals surface area contributed by atoms with Gasteiger partial charge in [0.1, 0.15) is 10.8 Å². The summed E-state index contributed by atoms with van der Waals surface area (Å²) in [6.45, 7) is 2.74. The summed E-state index contributed by atoms with van der Waals surface area (Å²) in [7, 11) is 0. The third-order valence-electron chi connectivity index (χ3n) is 2.23. The van der Waals surface area contributed by atoms with Crippen LogP contribution in [0.2, 0.25) is 0 Å². The number of pyridine rings is 1. The van der Waals surface area contributed by atoms with E-state index in [2.05, 4.69) is 20.3 Å². The van der Waals surface area contributed by atoms with Crippen LogP contribution in [0.5, 0.6) is 0 Å². The molecule has 0 unspecified atom stereocenters. The molecular formula is C11H13N5O2S. The molecular weight excluding hydrogens is 266 g/mol. The van der Waals surface area contributed by atoms with Gasteiger partial charge in [0.25, 0.3) is 5.69 Å². The normalized spacial score (nSPS) is 10.4. The van der Waals surface area contributed by atoms with E-state index in [-0.39, 0.29) is 5.69 Å². The molecule has 2 heterocycles. The molecule has 0 amide bonds. The van der Waals surface area contributed by atoms with Gasteiger partial charge in [-0.25, -0.2) is 9.97 Å². The number of rotatable bonds is 6. The molecule has 0 fully saturated rings. The lowest BCUT2D eigenvalue weighted by Crippen LogP contribution is -2.03. The first-order valence-electron chi connectivity index (χ1n) is 5.76. The first kappa shape index (κ1) is 13.3. The molecule has 2 aromatic rings. The van der Waals surface area contributed by atoms with Crippen molar-refractivity contribution in [1.29, 1.82) is 0 Å². The Morgan fingerprint density at radius 3 is 3.00 bits per heavy atom. The number of imidazole rings is 1. The number of aromatic nitrogens is 3. The predicted molar refractivity (Wildman–Crippen MR) is 72.4 cm³/mol. The number of aromatic amines is 1. The standard InChI is InChI=1S/C11H13N5O2S/c1-2-3-12-9-6-8(16(17)18)7-10(15-9)19-11-13-4-5-14-11/h4-7H,2-3H2,1H3,(H,12,15)(H,13,14). The number of anilines is 1. The van der Waals surface area contributed by atoms with Gasteiger partial charge in [0.2, 0.25) is 0 Å². The number of nitrogens with zero attached hydrogens (tertiary/aromatic N) is 3. The van der Waals surface area contributed by atoms with E-state index < -0.39 is 4.92 Å². The molecule has 0 aromatic carbocycles. The Hall–Kier alpha value is -2.09. The van der Waals surface area contributed by atoms with E-state index in [1.54, 1.807) is 12.4 Å². The van der Waals surface area contributed by atoms with Crippen LogP contribution in [0.3, 0.4) is 0 Å². The molecule has 0 aliphatic heterocycles. The van der Waals surface area contributed by atoms with Crippen molar-refractivity contribution in [2.75, 3.05) is 11.9 Å². The third kappa shape index (κ3) is 3.68. The maximum Gasteiger partial charge on any atom is 0.275 e. The van der Waals surface area contributed by atoms with Crippen molar-refractivity contribution in [1.82, 2.24) is 15.0 Å². The second-order valence-corrected chi connectivity index (χ2v) is 4.74. The third-order valence-corrected chi connectivity index (χ3v) is 3.06. The van der Waals surface area contributed by atoms with E-state index >= 15 is 0 Å². The van der Waals surface area contributed by atoms with Crippen LogP contribution in [0.25, 0.3) is 0 Å². The van der Waals surface area contributed by atoms with Crippen LogP contribution in [0.15, 0.2) is 34.7 Å². The summed E-state index contributed by atoms with van der Waals surface area (Å²) >= 11 is 1.25. The van der Waals surface area contributed by atoms with Crippen LogP contribution in [-0.2, 0) is 0 Å².